The van der Waals surface area contributed by atoms with E-state index in [4.69, 9.17) is 0 Å². The predicted octanol–water partition coefficient (Wildman–Crippen LogP) is 2.80. The van der Waals surface area contributed by atoms with Crippen LogP contribution in [-0.2, 0) is 6.54 Å². The van der Waals surface area contributed by atoms with Crippen LogP contribution in [0.25, 0.3) is 11.0 Å². The number of imidazole rings is 1. The predicted molar refractivity (Wildman–Crippen MR) is 58.0 cm³/mol. The largest absolute Gasteiger partial charge is 0.317 e. The van der Waals surface area contributed by atoms with E-state index in [2.05, 4.69) is 36.5 Å². The summed E-state index contributed by atoms with van der Waals surface area (Å²) >= 11 is 0. The highest BCUT2D eigenvalue weighted by Gasteiger charge is 1.98. The second-order valence-electron chi connectivity index (χ2n) is 3.19. The Kier molecular flexibility index (Phi) is 2.63. The molecule has 0 aliphatic carbocycles. The lowest BCUT2D eigenvalue weighted by molar-refractivity contribution is 0.837. The van der Waals surface area contributed by atoms with E-state index in [1.165, 1.54) is 0 Å². The molecule has 0 amide bonds. The van der Waals surface area contributed by atoms with E-state index >= 15 is 0 Å². The first kappa shape index (κ1) is 9.00. The Hall–Kier alpha value is -1.57. The van der Waals surface area contributed by atoms with Gasteiger partial charge in [0.25, 0.3) is 0 Å². The second kappa shape index (κ2) is 4.09. The van der Waals surface area contributed by atoms with Crippen molar-refractivity contribution in [2.24, 2.45) is 0 Å². The maximum absolute atomic E-state index is 4.20. The molecule has 14 heavy (non-hydrogen) atoms. The summed E-state index contributed by atoms with van der Waals surface area (Å²) in [5.74, 6) is 0. The third kappa shape index (κ3) is 1.69. The quantitative estimate of drug-likeness (QED) is 0.672. The number of nitrogens with zero attached hydrogens (tertiary/aromatic N) is 2. The summed E-state index contributed by atoms with van der Waals surface area (Å²) in [7, 11) is 0. The van der Waals surface area contributed by atoms with Crippen LogP contribution in [0.1, 0.15) is 13.3 Å². The molecule has 1 aromatic heterocycles. The third-order valence-corrected chi connectivity index (χ3v) is 2.15. The minimum absolute atomic E-state index is 0.856. The van der Waals surface area contributed by atoms with Crippen molar-refractivity contribution in [3.05, 3.63) is 42.7 Å². The Morgan fingerprint density at radius 3 is 3.07 bits per heavy atom. The maximum atomic E-state index is 4.20. The molecule has 0 atom stereocenters. The maximum Gasteiger partial charge on any atom is 0.177 e. The molecule has 1 aromatic carbocycles. The van der Waals surface area contributed by atoms with Crippen molar-refractivity contribution in [2.45, 2.75) is 19.9 Å². The molecule has 2 aromatic rings. The average molecular weight is 185 g/mol. The molecule has 2 heteroatoms. The molecule has 0 bridgehead atoms. The molecule has 2 nitrogen and oxygen atoms in total. The first-order valence-corrected chi connectivity index (χ1v) is 4.89. The highest BCUT2D eigenvalue weighted by Crippen LogP contribution is 2.10. The summed E-state index contributed by atoms with van der Waals surface area (Å²) < 4.78 is 2.03. The minimum atomic E-state index is 0.856. The Morgan fingerprint density at radius 2 is 2.21 bits per heavy atom. The van der Waals surface area contributed by atoms with E-state index in [1.54, 1.807) is 0 Å². The van der Waals surface area contributed by atoms with Crippen LogP contribution in [0, 0.1) is 6.33 Å². The zero-order valence-electron chi connectivity index (χ0n) is 8.27. The van der Waals surface area contributed by atoms with Gasteiger partial charge in [-0.3, -0.25) is 0 Å². The van der Waals surface area contributed by atoms with Crippen molar-refractivity contribution in [1.82, 2.24) is 9.55 Å². The molecule has 0 unspecified atom stereocenters. The normalized spacial score (nSPS) is 11.5. The number of allylic oxidation sites excluding steroid dienone is 2. The van der Waals surface area contributed by atoms with Gasteiger partial charge in [-0.05, 0) is 18.6 Å². The molecule has 1 radical (unpaired) electrons. The summed E-state index contributed by atoms with van der Waals surface area (Å²) in [6, 6.07) is 8.10. The summed E-state index contributed by atoms with van der Waals surface area (Å²) in [6.45, 7) is 2.99. The topological polar surface area (TPSA) is 17.8 Å². The van der Waals surface area contributed by atoms with Gasteiger partial charge in [0.15, 0.2) is 6.33 Å². The van der Waals surface area contributed by atoms with Crippen LogP contribution in [0.4, 0.5) is 0 Å². The fraction of sp³-hybridized carbons (Fsp3) is 0.250. The average Bonchev–Trinajstić information content (AvgIpc) is 2.63. The second-order valence-corrected chi connectivity index (χ2v) is 3.19. The zero-order valence-corrected chi connectivity index (χ0v) is 8.27. The fourth-order valence-corrected chi connectivity index (χ4v) is 1.44. The van der Waals surface area contributed by atoms with Crippen molar-refractivity contribution in [3.8, 4) is 0 Å². The van der Waals surface area contributed by atoms with E-state index in [1.807, 2.05) is 22.8 Å². The van der Waals surface area contributed by atoms with Crippen molar-refractivity contribution < 1.29 is 0 Å². The van der Waals surface area contributed by atoms with Gasteiger partial charge in [-0.2, -0.15) is 0 Å². The highest BCUT2D eigenvalue weighted by molar-refractivity contribution is 5.74. The van der Waals surface area contributed by atoms with E-state index < -0.39 is 0 Å². The first-order valence-electron chi connectivity index (χ1n) is 4.89. The Labute approximate surface area is 83.9 Å². The first-order chi connectivity index (χ1) is 6.92. The van der Waals surface area contributed by atoms with Crippen molar-refractivity contribution >= 4 is 11.0 Å². The number of benzene rings is 1. The van der Waals surface area contributed by atoms with Crippen molar-refractivity contribution in [3.63, 3.8) is 0 Å². The van der Waals surface area contributed by atoms with E-state index in [0.29, 0.717) is 0 Å². The molecular formula is C12H13N2. The van der Waals surface area contributed by atoms with Crippen LogP contribution in [0.15, 0.2) is 36.4 Å². The van der Waals surface area contributed by atoms with Crippen LogP contribution < -0.4 is 0 Å². The molecular weight excluding hydrogens is 172 g/mol. The lowest BCUT2D eigenvalue weighted by Crippen LogP contribution is -1.92. The monoisotopic (exact) mass is 185 g/mol. The molecule has 71 valence electrons. The van der Waals surface area contributed by atoms with Gasteiger partial charge in [-0.15, -0.1) is 0 Å². The number of hydrogen-bond acceptors (Lipinski definition) is 1. The van der Waals surface area contributed by atoms with Gasteiger partial charge in [-0.25, -0.2) is 4.98 Å². The highest BCUT2D eigenvalue weighted by atomic mass is 15.0. The van der Waals surface area contributed by atoms with Crippen LogP contribution in [0.2, 0.25) is 0 Å². The summed E-state index contributed by atoms with van der Waals surface area (Å²) in [6.07, 6.45) is 8.36. The van der Waals surface area contributed by atoms with Gasteiger partial charge in [0, 0.05) is 6.54 Å². The van der Waals surface area contributed by atoms with Crippen LogP contribution in [0.5, 0.6) is 0 Å². The molecule has 2 rings (SSSR count). The van der Waals surface area contributed by atoms with Gasteiger partial charge >= 0.3 is 0 Å². The molecule has 1 heterocycles. The van der Waals surface area contributed by atoms with Gasteiger partial charge in [0.1, 0.15) is 0 Å². The molecule has 0 spiro atoms. The van der Waals surface area contributed by atoms with E-state index in [9.17, 15) is 0 Å². The van der Waals surface area contributed by atoms with E-state index in [-0.39, 0.29) is 0 Å². The molecule has 0 saturated carbocycles. The molecule has 0 saturated heterocycles. The van der Waals surface area contributed by atoms with Gasteiger partial charge in [-0.1, -0.05) is 31.2 Å². The summed E-state index contributed by atoms with van der Waals surface area (Å²) in [5, 5.41) is 0. The third-order valence-electron chi connectivity index (χ3n) is 2.15. The Balaban J connectivity index is 2.29. The van der Waals surface area contributed by atoms with Crippen molar-refractivity contribution in [1.29, 1.82) is 0 Å². The Morgan fingerprint density at radius 1 is 1.36 bits per heavy atom. The van der Waals surface area contributed by atoms with Crippen LogP contribution in [0.3, 0.4) is 0 Å². The Bertz CT molecular complexity index is 440. The lowest BCUT2D eigenvalue weighted by Gasteiger charge is -1.97. The standard InChI is InChI=1S/C12H13N2/c1-2-3-6-9-14-10-13-11-7-4-5-8-12(11)14/h3-8H,2,9H2,1H3/b6-3+. The van der Waals surface area contributed by atoms with Gasteiger partial charge < -0.3 is 4.57 Å². The summed E-state index contributed by atoms with van der Waals surface area (Å²) in [4.78, 5) is 4.20. The molecule has 0 aliphatic heterocycles. The smallest absolute Gasteiger partial charge is 0.177 e. The summed E-state index contributed by atoms with van der Waals surface area (Å²) in [5.41, 5.74) is 2.16. The molecule has 0 N–H and O–H groups in total. The number of rotatable bonds is 3. The van der Waals surface area contributed by atoms with Gasteiger partial charge in [0.2, 0.25) is 0 Å². The number of hydrogen-bond donors (Lipinski definition) is 0. The fourth-order valence-electron chi connectivity index (χ4n) is 1.44. The lowest BCUT2D eigenvalue weighted by atomic mass is 10.3. The number of para-hydroxylation sites is 2. The van der Waals surface area contributed by atoms with E-state index in [0.717, 1.165) is 24.0 Å². The van der Waals surface area contributed by atoms with Crippen molar-refractivity contribution in [2.75, 3.05) is 0 Å². The zero-order chi connectivity index (χ0) is 9.80. The minimum Gasteiger partial charge on any atom is -0.317 e. The van der Waals surface area contributed by atoms with Crippen LogP contribution in [-0.4, -0.2) is 9.55 Å². The molecule has 0 aliphatic rings. The number of aromatic nitrogens is 2. The van der Waals surface area contributed by atoms with Gasteiger partial charge in [0.05, 0.1) is 11.0 Å². The van der Waals surface area contributed by atoms with Crippen LogP contribution >= 0.6 is 0 Å². The number of fused-ring (bicyclic) bond motifs is 1. The molecule has 0 fully saturated rings. The SMILES string of the molecule is CC/C=C/Cn1[c]nc2ccccc21.